The Bertz CT molecular complexity index is 6860. The first-order valence-corrected chi connectivity index (χ1v) is 43.5. The number of carbonyl (C=O) groups excluding carboxylic acids is 4. The molecular weight excluding hydrogens is 1620 g/mol. The SMILES string of the molecule is CC(C)(C)OC(=O)N[C@@H](Cc1ccccc1)c1c2nc(c(C3=Cc4c(ccc5cc(-c6c7nc(c([C@H](Cc8ccccc8)NC(=O)OC(C)(C)C)c8ccc(cc9nc(c([C@H](Cc%10ccccc%10)NC(=O)OC(C)(C)C)c%10ccc6[nH]%10)C=C9)[nH]8)C=C7)c(=O)oc45)OC3(C)C)c3ccc([nH]3)c([C@H](Cc3ccccc3)NC(=O)OC(C)(C)C)c3nc(cc4ccc1[nH]4)C=C3)C=C2. The van der Waals surface area contributed by atoms with Crippen molar-refractivity contribution in [2.24, 2.45) is 0 Å². The van der Waals surface area contributed by atoms with E-state index in [2.05, 4.69) is 41.2 Å². The maximum Gasteiger partial charge on any atom is 0.408 e. The molecule has 23 heteroatoms. The number of amides is 4. The molecule has 8 N–H and O–H groups in total. The molecule has 12 aromatic rings. The molecule has 12 heterocycles. The maximum absolute atomic E-state index is 16.3. The highest BCUT2D eigenvalue weighted by atomic mass is 16.6. The summed E-state index contributed by atoms with van der Waals surface area (Å²) in [4.78, 5) is 111. The monoisotopic (exact) mass is 1720 g/mol. The van der Waals surface area contributed by atoms with Gasteiger partial charge in [-0.1, -0.05) is 121 Å². The summed E-state index contributed by atoms with van der Waals surface area (Å²) in [5.74, 6) is 0.422. The summed E-state index contributed by atoms with van der Waals surface area (Å²) in [7, 11) is 0. The summed E-state index contributed by atoms with van der Waals surface area (Å²) in [6, 6.07) is 61.7. The van der Waals surface area contributed by atoms with Gasteiger partial charge in [0.15, 0.2) is 0 Å². The maximum atomic E-state index is 16.3. The number of nitrogens with zero attached hydrogens (tertiary/aromatic N) is 4. The van der Waals surface area contributed by atoms with Gasteiger partial charge in [-0.05, 0) is 278 Å². The number of nitrogens with one attached hydrogen (secondary N) is 8. The molecule has 0 saturated carbocycles. The van der Waals surface area contributed by atoms with E-state index < -0.39 is 82.2 Å². The average Bonchev–Trinajstić information content (AvgIpc) is 1.72. The lowest BCUT2D eigenvalue weighted by Crippen LogP contribution is -2.36. The standard InChI is InChI=1S/C106H104N12O11/c1-102(2,3)126-98(120)115-85(53-61-27-19-15-20-28-61)92-77-40-36-66(107-77)58-67-37-41-78(108-67)93(86(54-62-29-21-16-22-30-62)116-99(121)127-103(4,5)6)82-49-45-74(112-82)90(73-44-48-81(92)111-73)71-57-65-35-52-89-70(96(65)124-97(71)119)60-72(106(13,14)125-89)91-75-46-50-83(113-75)94(87(55-63-31-23-17-24-32-63)117-100(122)128-104(7,8)9)79-42-38-68(109-79)59-69-39-43-80(110-69)95(84-51-47-76(91)114-84)88(56-64-33-25-18-26-34-64)118-101(123)129-105(10,11)12/h15-52,57-60,85-88,107,109,112,114H,53-56H2,1-14H3,(H,115,120)(H,116,121)(H,117,122)(H,118,123)/t85-,86-,87-,88-/m0/s1. The number of benzene rings is 5. The Hall–Kier alpha value is -14.9. The van der Waals surface area contributed by atoms with Gasteiger partial charge in [0.1, 0.15) is 39.3 Å². The number of rotatable bonds is 18. The van der Waals surface area contributed by atoms with Gasteiger partial charge < -0.3 is 69.3 Å². The molecule has 129 heavy (non-hydrogen) atoms. The Morgan fingerprint density at radius 1 is 0.372 bits per heavy atom. The van der Waals surface area contributed by atoms with Gasteiger partial charge in [-0.2, -0.15) is 0 Å². The predicted molar refractivity (Wildman–Crippen MR) is 511 cm³/mol. The lowest BCUT2D eigenvalue weighted by molar-refractivity contribution is 0.0491. The third kappa shape index (κ3) is 19.9. The number of hydrogen-bond donors (Lipinski definition) is 8. The third-order valence-electron chi connectivity index (χ3n) is 22.3. The molecule has 0 aliphatic carbocycles. The van der Waals surface area contributed by atoms with Crippen LogP contribution in [0.1, 0.15) is 222 Å². The molecule has 4 atom stereocenters. The first-order valence-electron chi connectivity index (χ1n) is 43.5. The molecule has 5 aromatic carbocycles. The number of carbonyl (C=O) groups is 4. The lowest BCUT2D eigenvalue weighted by Gasteiger charge is -2.34. The topological polar surface area (TPSA) is 307 Å². The molecule has 654 valence electrons. The van der Waals surface area contributed by atoms with Crippen molar-refractivity contribution in [2.45, 2.75) is 175 Å². The zero-order valence-electron chi connectivity index (χ0n) is 74.7. The minimum absolute atomic E-state index is 0.132. The number of ether oxygens (including phenoxy) is 5. The van der Waals surface area contributed by atoms with Crippen molar-refractivity contribution in [3.63, 3.8) is 0 Å². The quantitative estimate of drug-likeness (QED) is 0.0292. The van der Waals surface area contributed by atoms with E-state index in [1.807, 2.05) is 352 Å². The van der Waals surface area contributed by atoms with Gasteiger partial charge in [0.25, 0.3) is 0 Å². The van der Waals surface area contributed by atoms with E-state index in [4.69, 9.17) is 48.0 Å². The molecule has 0 spiro atoms. The van der Waals surface area contributed by atoms with Gasteiger partial charge in [0.05, 0.1) is 80.8 Å². The van der Waals surface area contributed by atoms with E-state index in [1.54, 1.807) is 0 Å². The molecule has 4 amide bonds. The van der Waals surface area contributed by atoms with E-state index in [1.165, 1.54) is 0 Å². The van der Waals surface area contributed by atoms with Crippen molar-refractivity contribution in [1.29, 1.82) is 0 Å². The van der Waals surface area contributed by atoms with Gasteiger partial charge in [-0.15, -0.1) is 0 Å². The number of aromatic amines is 4. The number of fused-ring (bicyclic) bond motifs is 19. The minimum Gasteiger partial charge on any atom is -0.482 e. The van der Waals surface area contributed by atoms with Gasteiger partial charge in [0.2, 0.25) is 0 Å². The van der Waals surface area contributed by atoms with Crippen molar-refractivity contribution in [2.75, 3.05) is 0 Å². The van der Waals surface area contributed by atoms with Crippen LogP contribution < -0.4 is 31.6 Å². The zero-order chi connectivity index (χ0) is 90.4. The summed E-state index contributed by atoms with van der Waals surface area (Å²) in [5.41, 5.74) is 12.6. The van der Waals surface area contributed by atoms with Crippen LogP contribution in [0.25, 0.3) is 126 Å². The van der Waals surface area contributed by atoms with Crippen LogP contribution in [0.3, 0.4) is 0 Å². The van der Waals surface area contributed by atoms with Crippen LogP contribution >= 0.6 is 0 Å². The van der Waals surface area contributed by atoms with Crippen LogP contribution in [0.15, 0.2) is 209 Å². The third-order valence-corrected chi connectivity index (χ3v) is 22.3. The molecule has 0 unspecified atom stereocenters. The Morgan fingerprint density at radius 3 is 1.08 bits per heavy atom. The van der Waals surface area contributed by atoms with E-state index in [-0.39, 0.29) is 11.1 Å². The van der Waals surface area contributed by atoms with Gasteiger partial charge in [-0.3, -0.25) is 0 Å². The minimum atomic E-state index is -1.18. The van der Waals surface area contributed by atoms with Crippen molar-refractivity contribution in [1.82, 2.24) is 61.1 Å². The van der Waals surface area contributed by atoms with Crippen LogP contribution in [0.4, 0.5) is 19.2 Å². The summed E-state index contributed by atoms with van der Waals surface area (Å²) >= 11 is 0. The fourth-order valence-corrected chi connectivity index (χ4v) is 17.1. The average molecular weight is 1720 g/mol. The van der Waals surface area contributed by atoms with Crippen LogP contribution in [0, 0.1) is 0 Å². The summed E-state index contributed by atoms with van der Waals surface area (Å²) in [6.45, 7) is 25.8. The molecule has 0 radical (unpaired) electrons. The first kappa shape index (κ1) is 86.3. The molecule has 7 aromatic heterocycles. The molecule has 17 rings (SSSR count). The highest BCUT2D eigenvalue weighted by Gasteiger charge is 2.38. The fraction of sp³-hybridized carbons (Fsp3) is 0.255. The normalized spacial score (nSPS) is 14.3. The Kier molecular flexibility index (Phi) is 23.3. The molecule has 16 bridgehead atoms. The Labute approximate surface area is 747 Å². The largest absolute Gasteiger partial charge is 0.482 e. The van der Waals surface area contributed by atoms with Crippen LogP contribution in [0.5, 0.6) is 5.75 Å². The summed E-state index contributed by atoms with van der Waals surface area (Å²) in [6.07, 6.45) is 16.2. The van der Waals surface area contributed by atoms with Crippen LogP contribution in [-0.4, -0.2) is 92.3 Å². The number of alkyl carbamates (subject to hydrolysis) is 4. The van der Waals surface area contributed by atoms with E-state index in [0.29, 0.717) is 171 Å². The second-order valence-corrected chi connectivity index (χ2v) is 37.4. The van der Waals surface area contributed by atoms with Gasteiger partial charge in [0, 0.05) is 88.5 Å². The fourth-order valence-electron chi connectivity index (χ4n) is 17.1. The smallest absolute Gasteiger partial charge is 0.408 e. The van der Waals surface area contributed by atoms with Crippen molar-refractivity contribution >= 4 is 140 Å². The molecule has 5 aliphatic heterocycles. The number of H-pyrrole nitrogens is 4. The number of aromatic nitrogens is 8. The summed E-state index contributed by atoms with van der Waals surface area (Å²) < 4.78 is 38.4. The van der Waals surface area contributed by atoms with Gasteiger partial charge in [-0.25, -0.2) is 43.9 Å². The van der Waals surface area contributed by atoms with Crippen molar-refractivity contribution in [3.05, 3.63) is 312 Å². The highest BCUT2D eigenvalue weighted by Crippen LogP contribution is 2.47. The second-order valence-electron chi connectivity index (χ2n) is 37.4. The molecule has 23 nitrogen and oxygen atoms in total. The van der Waals surface area contributed by atoms with Gasteiger partial charge >= 0.3 is 30.0 Å². The Balaban J connectivity index is 0.918. The predicted octanol–water partition coefficient (Wildman–Crippen LogP) is 23.3. The van der Waals surface area contributed by atoms with E-state index in [0.717, 1.165) is 22.3 Å². The zero-order valence-corrected chi connectivity index (χ0v) is 74.7. The van der Waals surface area contributed by atoms with Crippen molar-refractivity contribution < 1.29 is 47.3 Å². The summed E-state index contributed by atoms with van der Waals surface area (Å²) in [5, 5.41) is 13.5. The molecule has 0 fully saturated rings. The Morgan fingerprint density at radius 2 is 0.698 bits per heavy atom. The number of hydrogen-bond acceptors (Lipinski definition) is 15. The van der Waals surface area contributed by atoms with E-state index >= 15 is 4.79 Å². The van der Waals surface area contributed by atoms with Crippen molar-refractivity contribution in [3.8, 4) is 16.9 Å². The molecule has 0 saturated heterocycles. The second kappa shape index (κ2) is 34.8. The molecular formula is C106H104N12O11. The lowest BCUT2D eigenvalue weighted by atomic mass is 9.85. The van der Waals surface area contributed by atoms with Crippen LogP contribution in [0.2, 0.25) is 0 Å². The van der Waals surface area contributed by atoms with Crippen LogP contribution in [-0.2, 0) is 44.6 Å². The highest BCUT2D eigenvalue weighted by molar-refractivity contribution is 6.04. The molecule has 5 aliphatic rings. The van der Waals surface area contributed by atoms with E-state index in [9.17, 15) is 19.2 Å². The first-order chi connectivity index (χ1) is 61.6.